The first-order valence-corrected chi connectivity index (χ1v) is 8.42. The molecule has 0 aromatic rings. The van der Waals surface area contributed by atoms with Crippen molar-refractivity contribution in [2.24, 2.45) is 0 Å². The molecule has 0 aromatic heterocycles. The van der Waals surface area contributed by atoms with E-state index in [9.17, 15) is 4.57 Å². The molecule has 0 fully saturated rings. The van der Waals surface area contributed by atoms with Crippen molar-refractivity contribution in [2.75, 3.05) is 40.8 Å². The van der Waals surface area contributed by atoms with Gasteiger partial charge < -0.3 is 19.6 Å². The minimum Gasteiger partial charge on any atom is -0.329 e. The van der Waals surface area contributed by atoms with Crippen molar-refractivity contribution in [3.8, 4) is 0 Å². The molecule has 0 aliphatic carbocycles. The number of phosphoric ester groups is 1. The Bertz CT molecular complexity index is 275. The molecular weight excluding hydrogens is 267 g/mol. The van der Waals surface area contributed by atoms with Crippen LogP contribution >= 0.6 is 7.82 Å². The van der Waals surface area contributed by atoms with Gasteiger partial charge in [0.1, 0.15) is 12.6 Å². The van der Waals surface area contributed by atoms with Crippen molar-refractivity contribution in [3.63, 3.8) is 0 Å². The van der Waals surface area contributed by atoms with Gasteiger partial charge in [-0.25, -0.2) is 4.57 Å². The zero-order valence-electron chi connectivity index (χ0n) is 12.6. The minimum absolute atomic E-state index is 0.431. The van der Waals surface area contributed by atoms with Crippen LogP contribution in [0.2, 0.25) is 0 Å². The number of phosphoric acid groups is 1. The summed E-state index contributed by atoms with van der Waals surface area (Å²) < 4.78 is 16.4. The number of quaternary nitrogens is 1. The normalized spacial score (nSPS) is 14.6. The van der Waals surface area contributed by atoms with Crippen molar-refractivity contribution in [1.29, 1.82) is 0 Å². The zero-order chi connectivity index (χ0) is 14.9. The summed E-state index contributed by atoms with van der Waals surface area (Å²) in [6.07, 6.45) is 3.70. The molecule has 3 N–H and O–H groups in total. The molecular formula is C12H30N2O4P+. The predicted molar refractivity (Wildman–Crippen MR) is 76.8 cm³/mol. The molecule has 116 valence electrons. The lowest BCUT2D eigenvalue weighted by Gasteiger charge is -2.29. The average molecular weight is 297 g/mol. The smallest absolute Gasteiger partial charge is 0.329 e. The SMILES string of the molecule is CCCCCNCCC(C[N+](C)(C)C)OP(=O)(O)O. The molecule has 6 nitrogen and oxygen atoms in total. The fraction of sp³-hybridized carbons (Fsp3) is 1.00. The van der Waals surface area contributed by atoms with E-state index in [-0.39, 0.29) is 0 Å². The van der Waals surface area contributed by atoms with Crippen LogP contribution in [-0.2, 0) is 9.09 Å². The number of hydrogen-bond acceptors (Lipinski definition) is 3. The molecule has 7 heteroatoms. The quantitative estimate of drug-likeness (QED) is 0.305. The summed E-state index contributed by atoms with van der Waals surface area (Å²) >= 11 is 0. The maximum absolute atomic E-state index is 10.9. The molecule has 0 saturated carbocycles. The van der Waals surface area contributed by atoms with Crippen molar-refractivity contribution >= 4 is 7.82 Å². The Morgan fingerprint density at radius 1 is 1.21 bits per heavy atom. The molecule has 1 atom stereocenters. The summed E-state index contributed by atoms with van der Waals surface area (Å²) in [6, 6.07) is 0. The highest BCUT2D eigenvalue weighted by Crippen LogP contribution is 2.38. The highest BCUT2D eigenvalue weighted by molar-refractivity contribution is 7.46. The fourth-order valence-electron chi connectivity index (χ4n) is 1.87. The summed E-state index contributed by atoms with van der Waals surface area (Å²) in [4.78, 5) is 17.8. The minimum atomic E-state index is -4.41. The lowest BCUT2D eigenvalue weighted by atomic mass is 10.2. The first-order chi connectivity index (χ1) is 8.64. The van der Waals surface area contributed by atoms with Gasteiger partial charge in [0.25, 0.3) is 0 Å². The van der Waals surface area contributed by atoms with Gasteiger partial charge in [0.2, 0.25) is 0 Å². The van der Waals surface area contributed by atoms with Gasteiger partial charge in [0, 0.05) is 0 Å². The van der Waals surface area contributed by atoms with Gasteiger partial charge in [-0.05, 0) is 25.9 Å². The maximum Gasteiger partial charge on any atom is 0.470 e. The zero-order valence-corrected chi connectivity index (χ0v) is 13.5. The summed E-state index contributed by atoms with van der Waals surface area (Å²) in [7, 11) is 1.52. The largest absolute Gasteiger partial charge is 0.470 e. The number of nitrogens with zero attached hydrogens (tertiary/aromatic N) is 1. The molecule has 0 bridgehead atoms. The number of hydrogen-bond donors (Lipinski definition) is 3. The van der Waals surface area contributed by atoms with Gasteiger partial charge in [-0.1, -0.05) is 19.8 Å². The van der Waals surface area contributed by atoms with E-state index in [4.69, 9.17) is 14.3 Å². The number of unbranched alkanes of at least 4 members (excludes halogenated alkanes) is 2. The van der Waals surface area contributed by atoms with Crippen LogP contribution in [0.3, 0.4) is 0 Å². The molecule has 0 spiro atoms. The highest BCUT2D eigenvalue weighted by Gasteiger charge is 2.26. The van der Waals surface area contributed by atoms with Crippen molar-refractivity contribution in [3.05, 3.63) is 0 Å². The van der Waals surface area contributed by atoms with E-state index in [1.165, 1.54) is 12.8 Å². The Hall–Kier alpha value is 0.0300. The Labute approximate surface area is 117 Å². The van der Waals surface area contributed by atoms with E-state index in [2.05, 4.69) is 12.2 Å². The third-order valence-corrected chi connectivity index (χ3v) is 3.21. The number of likely N-dealkylation sites (N-methyl/N-ethyl adjacent to an activating group) is 1. The predicted octanol–water partition coefficient (Wildman–Crippen LogP) is 1.34. The summed E-state index contributed by atoms with van der Waals surface area (Å²) in [5, 5.41) is 3.28. The third-order valence-electron chi connectivity index (χ3n) is 2.64. The molecule has 0 aliphatic heterocycles. The van der Waals surface area contributed by atoms with Crippen molar-refractivity contribution < 1.29 is 23.4 Å². The topological polar surface area (TPSA) is 78.8 Å². The maximum atomic E-state index is 10.9. The average Bonchev–Trinajstić information content (AvgIpc) is 2.18. The fourth-order valence-corrected chi connectivity index (χ4v) is 2.43. The molecule has 0 amide bonds. The molecule has 0 saturated heterocycles. The van der Waals surface area contributed by atoms with Crippen molar-refractivity contribution in [2.45, 2.75) is 38.7 Å². The summed E-state index contributed by atoms with van der Waals surface area (Å²) in [5.41, 5.74) is 0. The third kappa shape index (κ3) is 14.3. The van der Waals surface area contributed by atoms with E-state index in [0.717, 1.165) is 13.0 Å². The van der Waals surface area contributed by atoms with E-state index in [1.54, 1.807) is 0 Å². The lowest BCUT2D eigenvalue weighted by Crippen LogP contribution is -2.43. The van der Waals surface area contributed by atoms with Gasteiger partial charge in [-0.3, -0.25) is 4.52 Å². The number of rotatable bonds is 11. The molecule has 0 aliphatic rings. The second-order valence-corrected chi connectivity index (χ2v) is 7.13. The molecule has 19 heavy (non-hydrogen) atoms. The van der Waals surface area contributed by atoms with Crippen LogP contribution < -0.4 is 5.32 Å². The highest BCUT2D eigenvalue weighted by atomic mass is 31.2. The van der Waals surface area contributed by atoms with Crippen LogP contribution in [0.4, 0.5) is 0 Å². The monoisotopic (exact) mass is 297 g/mol. The van der Waals surface area contributed by atoms with Gasteiger partial charge >= 0.3 is 7.82 Å². The number of nitrogens with one attached hydrogen (secondary N) is 1. The van der Waals surface area contributed by atoms with E-state index in [1.807, 2.05) is 21.1 Å². The van der Waals surface area contributed by atoms with Crippen molar-refractivity contribution in [1.82, 2.24) is 5.32 Å². The van der Waals surface area contributed by atoms with Gasteiger partial charge in [-0.15, -0.1) is 0 Å². The Balaban J connectivity index is 4.02. The van der Waals surface area contributed by atoms with Crippen LogP contribution in [0.25, 0.3) is 0 Å². The first-order valence-electron chi connectivity index (χ1n) is 6.89. The second-order valence-electron chi connectivity index (χ2n) is 5.94. The standard InChI is InChI=1S/C12H29N2O4P/c1-5-6-7-9-13-10-8-12(11-14(2,3)4)18-19(15,16)17/h12-13H,5-11H2,1-4H3,(H-,15,16,17)/p+1. The van der Waals surface area contributed by atoms with Gasteiger partial charge in [0.15, 0.2) is 0 Å². The molecule has 0 radical (unpaired) electrons. The lowest BCUT2D eigenvalue weighted by molar-refractivity contribution is -0.873. The van der Waals surface area contributed by atoms with Crippen LogP contribution in [-0.4, -0.2) is 61.2 Å². The summed E-state index contributed by atoms with van der Waals surface area (Å²) in [5.74, 6) is 0. The van der Waals surface area contributed by atoms with Crippen LogP contribution in [0.1, 0.15) is 32.6 Å². The summed E-state index contributed by atoms with van der Waals surface area (Å²) in [6.45, 7) is 4.39. The Morgan fingerprint density at radius 3 is 2.32 bits per heavy atom. The van der Waals surface area contributed by atoms with Crippen LogP contribution in [0.5, 0.6) is 0 Å². The van der Waals surface area contributed by atoms with E-state index >= 15 is 0 Å². The molecule has 0 aromatic carbocycles. The first kappa shape index (κ1) is 19.0. The molecule has 1 unspecified atom stereocenters. The second kappa shape index (κ2) is 9.06. The van der Waals surface area contributed by atoms with Gasteiger partial charge in [-0.2, -0.15) is 0 Å². The Morgan fingerprint density at radius 2 is 1.84 bits per heavy atom. The molecule has 0 rings (SSSR count). The van der Waals surface area contributed by atoms with Gasteiger partial charge in [0.05, 0.1) is 21.1 Å². The van der Waals surface area contributed by atoms with Crippen LogP contribution in [0.15, 0.2) is 0 Å². The van der Waals surface area contributed by atoms with E-state index in [0.29, 0.717) is 24.0 Å². The van der Waals surface area contributed by atoms with E-state index < -0.39 is 13.9 Å². The van der Waals surface area contributed by atoms with Crippen LogP contribution in [0, 0.1) is 0 Å². The Kier molecular flexibility index (Phi) is 9.07. The molecule has 0 heterocycles.